The van der Waals surface area contributed by atoms with Crippen LogP contribution in [0.1, 0.15) is 18.9 Å². The first-order valence-corrected chi connectivity index (χ1v) is 7.49. The molecule has 0 aromatic heterocycles. The molecule has 3 amide bonds. The van der Waals surface area contributed by atoms with Gasteiger partial charge in [-0.3, -0.25) is 4.79 Å². The van der Waals surface area contributed by atoms with Gasteiger partial charge in [0.15, 0.2) is 0 Å². The molecule has 1 unspecified atom stereocenters. The van der Waals surface area contributed by atoms with Crippen LogP contribution in [0.3, 0.4) is 0 Å². The molecule has 1 saturated heterocycles. The van der Waals surface area contributed by atoms with Gasteiger partial charge in [-0.2, -0.15) is 0 Å². The number of hydrogen-bond donors (Lipinski definition) is 2. The fourth-order valence-electron chi connectivity index (χ4n) is 2.52. The number of carbonyl (C=O) groups excluding carboxylic acids is 2. The smallest absolute Gasteiger partial charge is 0.416 e. The number of benzene rings is 1. The van der Waals surface area contributed by atoms with E-state index in [2.05, 4.69) is 5.32 Å². The SMILES string of the molecule is CC(CCNC(=O)O)C(=O)N1C(=O)OC[C@H]1Cc1ccccc1. The van der Waals surface area contributed by atoms with Crippen molar-refractivity contribution >= 4 is 18.1 Å². The van der Waals surface area contributed by atoms with Gasteiger partial charge in [0, 0.05) is 12.5 Å². The van der Waals surface area contributed by atoms with Gasteiger partial charge in [0.25, 0.3) is 0 Å². The van der Waals surface area contributed by atoms with Crippen LogP contribution in [-0.2, 0) is 16.0 Å². The van der Waals surface area contributed by atoms with E-state index in [0.717, 1.165) is 5.56 Å². The Morgan fingerprint density at radius 1 is 1.39 bits per heavy atom. The van der Waals surface area contributed by atoms with E-state index < -0.39 is 18.1 Å². The first-order chi connectivity index (χ1) is 11.0. The second-order valence-electron chi connectivity index (χ2n) is 5.55. The normalized spacial score (nSPS) is 18.4. The first kappa shape index (κ1) is 16.8. The summed E-state index contributed by atoms with van der Waals surface area (Å²) in [6.07, 6.45) is -0.896. The van der Waals surface area contributed by atoms with Crippen molar-refractivity contribution in [2.45, 2.75) is 25.8 Å². The Kier molecular flexibility index (Phi) is 5.56. The number of hydrogen-bond acceptors (Lipinski definition) is 4. The monoisotopic (exact) mass is 320 g/mol. The van der Waals surface area contributed by atoms with Gasteiger partial charge < -0.3 is 15.2 Å². The van der Waals surface area contributed by atoms with Crippen LogP contribution in [0.2, 0.25) is 0 Å². The molecular formula is C16H20N2O5. The van der Waals surface area contributed by atoms with Crippen molar-refractivity contribution in [2.75, 3.05) is 13.2 Å². The van der Waals surface area contributed by atoms with Crippen molar-refractivity contribution in [3.8, 4) is 0 Å². The van der Waals surface area contributed by atoms with E-state index in [0.29, 0.717) is 12.8 Å². The molecule has 2 N–H and O–H groups in total. The summed E-state index contributed by atoms with van der Waals surface area (Å²) in [6, 6.07) is 9.25. The predicted octanol–water partition coefficient (Wildman–Crippen LogP) is 1.87. The third kappa shape index (κ3) is 4.45. The van der Waals surface area contributed by atoms with Gasteiger partial charge in [-0.05, 0) is 18.4 Å². The second-order valence-corrected chi connectivity index (χ2v) is 5.55. The molecule has 0 radical (unpaired) electrons. The van der Waals surface area contributed by atoms with Crippen LogP contribution in [0.5, 0.6) is 0 Å². The number of amides is 3. The Morgan fingerprint density at radius 3 is 2.74 bits per heavy atom. The topological polar surface area (TPSA) is 95.9 Å². The summed E-state index contributed by atoms with van der Waals surface area (Å²) in [5.74, 6) is -0.800. The summed E-state index contributed by atoms with van der Waals surface area (Å²) < 4.78 is 5.02. The quantitative estimate of drug-likeness (QED) is 0.834. The average molecular weight is 320 g/mol. The molecule has 1 heterocycles. The van der Waals surface area contributed by atoms with Crippen molar-refractivity contribution in [3.63, 3.8) is 0 Å². The number of rotatable bonds is 6. The van der Waals surface area contributed by atoms with Gasteiger partial charge in [0.2, 0.25) is 5.91 Å². The number of cyclic esters (lactones) is 1. The fraction of sp³-hybridized carbons (Fsp3) is 0.438. The molecule has 0 aliphatic carbocycles. The van der Waals surface area contributed by atoms with E-state index >= 15 is 0 Å². The Labute approximate surface area is 134 Å². The number of nitrogens with zero attached hydrogens (tertiary/aromatic N) is 1. The minimum absolute atomic E-state index is 0.161. The summed E-state index contributed by atoms with van der Waals surface area (Å²) >= 11 is 0. The highest BCUT2D eigenvalue weighted by molar-refractivity contribution is 5.94. The van der Waals surface area contributed by atoms with E-state index in [-0.39, 0.29) is 25.1 Å². The van der Waals surface area contributed by atoms with Crippen LogP contribution in [0, 0.1) is 5.92 Å². The van der Waals surface area contributed by atoms with Crippen molar-refractivity contribution in [1.82, 2.24) is 10.2 Å². The highest BCUT2D eigenvalue weighted by atomic mass is 16.6. The second kappa shape index (κ2) is 7.62. The summed E-state index contributed by atoms with van der Waals surface area (Å²) in [6.45, 7) is 2.02. The number of ether oxygens (including phenoxy) is 1. The van der Waals surface area contributed by atoms with Gasteiger partial charge in [-0.25, -0.2) is 14.5 Å². The summed E-state index contributed by atoms with van der Waals surface area (Å²) in [5, 5.41) is 10.8. The van der Waals surface area contributed by atoms with E-state index in [1.54, 1.807) is 6.92 Å². The van der Waals surface area contributed by atoms with Crippen LogP contribution in [0.15, 0.2) is 30.3 Å². The van der Waals surface area contributed by atoms with Crippen LogP contribution in [0.4, 0.5) is 9.59 Å². The lowest BCUT2D eigenvalue weighted by Crippen LogP contribution is -2.43. The van der Waals surface area contributed by atoms with Crippen molar-refractivity contribution in [2.24, 2.45) is 5.92 Å². The molecule has 124 valence electrons. The minimum atomic E-state index is -1.13. The molecule has 1 aromatic carbocycles. The fourth-order valence-corrected chi connectivity index (χ4v) is 2.52. The third-order valence-electron chi connectivity index (χ3n) is 3.79. The van der Waals surface area contributed by atoms with Gasteiger partial charge in [-0.1, -0.05) is 37.3 Å². The molecule has 1 aromatic rings. The van der Waals surface area contributed by atoms with Gasteiger partial charge >= 0.3 is 12.2 Å². The molecule has 7 heteroatoms. The van der Waals surface area contributed by atoms with Crippen LogP contribution in [-0.4, -0.2) is 47.3 Å². The number of carbonyl (C=O) groups is 3. The maximum Gasteiger partial charge on any atom is 0.416 e. The Morgan fingerprint density at radius 2 is 2.09 bits per heavy atom. The Bertz CT molecular complexity index is 575. The Hall–Kier alpha value is -2.57. The molecule has 2 rings (SSSR count). The number of carboxylic acid groups (broad SMARTS) is 1. The molecule has 0 saturated carbocycles. The number of imide groups is 1. The molecule has 7 nitrogen and oxygen atoms in total. The Balaban J connectivity index is 1.98. The van der Waals surface area contributed by atoms with Crippen LogP contribution >= 0.6 is 0 Å². The molecule has 1 aliphatic heterocycles. The highest BCUT2D eigenvalue weighted by Crippen LogP contribution is 2.20. The van der Waals surface area contributed by atoms with E-state index in [4.69, 9.17) is 9.84 Å². The summed E-state index contributed by atoms with van der Waals surface area (Å²) in [4.78, 5) is 36.0. The average Bonchev–Trinajstić information content (AvgIpc) is 2.87. The summed E-state index contributed by atoms with van der Waals surface area (Å²) in [5.41, 5.74) is 1.02. The molecule has 23 heavy (non-hydrogen) atoms. The first-order valence-electron chi connectivity index (χ1n) is 7.49. The third-order valence-corrected chi connectivity index (χ3v) is 3.79. The highest BCUT2D eigenvalue weighted by Gasteiger charge is 2.39. The van der Waals surface area contributed by atoms with Crippen molar-refractivity contribution in [3.05, 3.63) is 35.9 Å². The molecular weight excluding hydrogens is 300 g/mol. The van der Waals surface area contributed by atoms with E-state index in [9.17, 15) is 14.4 Å². The van der Waals surface area contributed by atoms with Crippen LogP contribution < -0.4 is 5.32 Å². The van der Waals surface area contributed by atoms with Crippen LogP contribution in [0.25, 0.3) is 0 Å². The lowest BCUT2D eigenvalue weighted by Gasteiger charge is -2.23. The standard InChI is InChI=1S/C16H20N2O5/c1-11(7-8-17-15(20)21)14(19)18-13(10-23-16(18)22)9-12-5-3-2-4-6-12/h2-6,11,13,17H,7-10H2,1H3,(H,20,21)/t11?,13-/m1/s1. The zero-order valence-electron chi connectivity index (χ0n) is 12.9. The summed E-state index contributed by atoms with van der Waals surface area (Å²) in [7, 11) is 0. The molecule has 2 atom stereocenters. The maximum absolute atomic E-state index is 12.5. The zero-order chi connectivity index (χ0) is 16.8. The van der Waals surface area contributed by atoms with E-state index in [1.165, 1.54) is 4.90 Å². The lowest BCUT2D eigenvalue weighted by atomic mass is 10.0. The van der Waals surface area contributed by atoms with Gasteiger partial charge in [0.1, 0.15) is 6.61 Å². The van der Waals surface area contributed by atoms with Crippen molar-refractivity contribution in [1.29, 1.82) is 0 Å². The maximum atomic E-state index is 12.5. The van der Waals surface area contributed by atoms with E-state index in [1.807, 2.05) is 30.3 Å². The van der Waals surface area contributed by atoms with Gasteiger partial charge in [-0.15, -0.1) is 0 Å². The molecule has 1 aliphatic rings. The van der Waals surface area contributed by atoms with Gasteiger partial charge in [0.05, 0.1) is 6.04 Å². The number of nitrogens with one attached hydrogen (secondary N) is 1. The predicted molar refractivity (Wildman–Crippen MR) is 81.9 cm³/mol. The molecule has 1 fully saturated rings. The largest absolute Gasteiger partial charge is 0.465 e. The lowest BCUT2D eigenvalue weighted by molar-refractivity contribution is -0.133. The molecule has 0 bridgehead atoms. The van der Waals surface area contributed by atoms with Crippen molar-refractivity contribution < 1.29 is 24.2 Å². The zero-order valence-corrected chi connectivity index (χ0v) is 12.9. The minimum Gasteiger partial charge on any atom is -0.465 e. The molecule has 0 spiro atoms.